The Kier molecular flexibility index (Phi) is 3.16. The van der Waals surface area contributed by atoms with Gasteiger partial charge < -0.3 is 0 Å². The first-order valence-corrected chi connectivity index (χ1v) is 7.15. The van der Waals surface area contributed by atoms with Gasteiger partial charge in [0.25, 0.3) is 0 Å². The second kappa shape index (κ2) is 4.00. The Labute approximate surface area is 83.0 Å². The Morgan fingerprint density at radius 3 is 2.07 bits per heavy atom. The van der Waals surface area contributed by atoms with Gasteiger partial charge in [-0.25, -0.2) is 0 Å². The summed E-state index contributed by atoms with van der Waals surface area (Å²) in [5.41, 5.74) is 0.519. The number of rotatable bonds is 3. The van der Waals surface area contributed by atoms with E-state index in [4.69, 9.17) is 13.3 Å². The molecule has 0 unspecified atom stereocenters. The minimum absolute atomic E-state index is 0.0442. The summed E-state index contributed by atoms with van der Waals surface area (Å²) in [6.45, 7) is 0. The van der Waals surface area contributed by atoms with Gasteiger partial charge in [0.2, 0.25) is 0 Å². The first-order valence-electron chi connectivity index (χ1n) is 3.76. The fourth-order valence-electron chi connectivity index (χ4n) is 0.983. The zero-order valence-electron chi connectivity index (χ0n) is 7.12. The molecule has 0 aliphatic carbocycles. The van der Waals surface area contributed by atoms with E-state index in [1.54, 1.807) is 0 Å². The van der Waals surface area contributed by atoms with Crippen molar-refractivity contribution in [2.45, 2.75) is 6.42 Å². The van der Waals surface area contributed by atoms with E-state index >= 15 is 0 Å². The van der Waals surface area contributed by atoms with Crippen LogP contribution in [0.15, 0.2) is 24.3 Å². The normalized spacial score (nSPS) is 11.3. The van der Waals surface area contributed by atoms with Crippen molar-refractivity contribution in [1.29, 1.82) is 0 Å². The molecular weight excluding hydrogens is 251 g/mol. The maximum atomic E-state index is 10.8. The van der Waals surface area contributed by atoms with Crippen LogP contribution in [0.3, 0.4) is 0 Å². The van der Waals surface area contributed by atoms with E-state index in [2.05, 4.69) is 0 Å². The van der Waals surface area contributed by atoms with Gasteiger partial charge in [-0.05, 0) is 0 Å². The predicted molar refractivity (Wildman–Crippen MR) is 48.3 cm³/mol. The van der Waals surface area contributed by atoms with Crippen LogP contribution in [0, 0.1) is 0 Å². The Balaban J connectivity index is 2.89. The van der Waals surface area contributed by atoms with Gasteiger partial charge in [-0.3, -0.25) is 0 Å². The molecule has 0 fully saturated rings. The van der Waals surface area contributed by atoms with Gasteiger partial charge in [0.15, 0.2) is 0 Å². The van der Waals surface area contributed by atoms with Crippen molar-refractivity contribution >= 4 is 24.5 Å². The standard InChI is InChI=1S/C8H9AsO5/c10-8(11)5-6-1-3-7(4-2-6)9(12,13)14/h1-4H,5H2,(H,10,11)(H2,12,13,14). The van der Waals surface area contributed by atoms with Crippen molar-refractivity contribution in [3.05, 3.63) is 29.8 Å². The molecule has 1 aromatic rings. The van der Waals surface area contributed by atoms with E-state index in [-0.39, 0.29) is 10.8 Å². The summed E-state index contributed by atoms with van der Waals surface area (Å²) < 4.78 is 28.4. The summed E-state index contributed by atoms with van der Waals surface area (Å²) in [5, 5.41) is 8.45. The van der Waals surface area contributed by atoms with Gasteiger partial charge in [0, 0.05) is 0 Å². The van der Waals surface area contributed by atoms with Gasteiger partial charge in [-0.1, -0.05) is 0 Å². The van der Waals surface area contributed by atoms with E-state index < -0.39 is 20.1 Å². The third kappa shape index (κ3) is 3.03. The van der Waals surface area contributed by atoms with E-state index in [0.29, 0.717) is 5.56 Å². The van der Waals surface area contributed by atoms with Crippen LogP contribution in [0.1, 0.15) is 5.56 Å². The molecule has 3 N–H and O–H groups in total. The van der Waals surface area contributed by atoms with Crippen molar-refractivity contribution in [2.75, 3.05) is 0 Å². The molecule has 0 saturated carbocycles. The molecule has 0 aromatic heterocycles. The molecule has 1 rings (SSSR count). The second-order valence-electron chi connectivity index (χ2n) is 2.78. The fourth-order valence-corrected chi connectivity index (χ4v) is 2.11. The molecule has 14 heavy (non-hydrogen) atoms. The number of aliphatic carboxylic acids is 1. The van der Waals surface area contributed by atoms with Gasteiger partial charge in [0.05, 0.1) is 0 Å². The molecule has 0 spiro atoms. The maximum absolute atomic E-state index is 10.8. The zero-order chi connectivity index (χ0) is 10.8. The third-order valence-corrected chi connectivity index (χ3v) is 3.66. The molecule has 0 aliphatic rings. The molecule has 0 aliphatic heterocycles. The van der Waals surface area contributed by atoms with Crippen LogP contribution in [0.2, 0.25) is 0 Å². The van der Waals surface area contributed by atoms with Crippen LogP contribution < -0.4 is 4.35 Å². The summed E-state index contributed by atoms with van der Waals surface area (Å²) in [4.78, 5) is 10.3. The molecule has 5 nitrogen and oxygen atoms in total. The van der Waals surface area contributed by atoms with E-state index in [1.165, 1.54) is 24.3 Å². The van der Waals surface area contributed by atoms with Crippen molar-refractivity contribution in [3.8, 4) is 0 Å². The summed E-state index contributed by atoms with van der Waals surface area (Å²) in [5.74, 6) is -0.973. The monoisotopic (exact) mass is 260 g/mol. The van der Waals surface area contributed by atoms with Crippen molar-refractivity contribution < 1.29 is 21.8 Å². The van der Waals surface area contributed by atoms with Crippen LogP contribution in [-0.2, 0) is 15.0 Å². The van der Waals surface area contributed by atoms with Crippen LogP contribution in [0.5, 0.6) is 0 Å². The molecule has 0 amide bonds. The van der Waals surface area contributed by atoms with Crippen LogP contribution in [0.25, 0.3) is 0 Å². The topological polar surface area (TPSA) is 94.8 Å². The average Bonchev–Trinajstić information content (AvgIpc) is 2.02. The van der Waals surface area contributed by atoms with E-state index in [1.807, 2.05) is 0 Å². The van der Waals surface area contributed by atoms with Gasteiger partial charge in [0.1, 0.15) is 0 Å². The molecular formula is C8H9AsO5. The Bertz CT molecular complexity index is 377. The van der Waals surface area contributed by atoms with Gasteiger partial charge in [-0.15, -0.1) is 0 Å². The van der Waals surface area contributed by atoms with Crippen LogP contribution in [0.4, 0.5) is 0 Å². The van der Waals surface area contributed by atoms with Gasteiger partial charge in [-0.2, -0.15) is 0 Å². The first kappa shape index (κ1) is 11.0. The minimum atomic E-state index is -4.82. The molecule has 0 heterocycles. The summed E-state index contributed by atoms with van der Waals surface area (Å²) >= 11 is -4.82. The molecule has 1 aromatic carbocycles. The number of carbonyl (C=O) groups is 1. The van der Waals surface area contributed by atoms with Crippen LogP contribution in [-0.4, -0.2) is 33.4 Å². The van der Waals surface area contributed by atoms with E-state index in [9.17, 15) is 8.53 Å². The van der Waals surface area contributed by atoms with Gasteiger partial charge >= 0.3 is 82.6 Å². The van der Waals surface area contributed by atoms with E-state index in [0.717, 1.165) is 0 Å². The zero-order valence-corrected chi connectivity index (χ0v) is 9.00. The predicted octanol–water partition coefficient (Wildman–Crippen LogP) is -1.13. The number of carboxylic acid groups (broad SMARTS) is 1. The number of benzene rings is 1. The summed E-state index contributed by atoms with van der Waals surface area (Å²) in [6.07, 6.45) is -0.145. The second-order valence-corrected chi connectivity index (χ2v) is 6.15. The fraction of sp³-hybridized carbons (Fsp3) is 0.125. The molecule has 0 saturated heterocycles. The summed E-state index contributed by atoms with van der Waals surface area (Å²) in [6, 6.07) is 5.34. The van der Waals surface area contributed by atoms with Crippen molar-refractivity contribution in [3.63, 3.8) is 0 Å². The van der Waals surface area contributed by atoms with Crippen molar-refractivity contribution in [1.82, 2.24) is 0 Å². The third-order valence-electron chi connectivity index (χ3n) is 1.63. The molecule has 0 radical (unpaired) electrons. The average molecular weight is 260 g/mol. The molecule has 76 valence electrons. The quantitative estimate of drug-likeness (QED) is 0.598. The first-order chi connectivity index (χ1) is 6.39. The Morgan fingerprint density at radius 1 is 1.21 bits per heavy atom. The van der Waals surface area contributed by atoms with Crippen LogP contribution >= 0.6 is 0 Å². The molecule has 0 bridgehead atoms. The SMILES string of the molecule is O=C(O)Cc1ccc([As](=O)(O)O)cc1. The Morgan fingerprint density at radius 2 is 1.71 bits per heavy atom. The molecule has 6 heteroatoms. The molecule has 0 atom stereocenters. The summed E-state index contributed by atoms with van der Waals surface area (Å²) in [7, 11) is 0. The number of hydrogen-bond donors (Lipinski definition) is 3. The Hall–Kier alpha value is -1.03. The number of carboxylic acids is 1. The number of hydrogen-bond acceptors (Lipinski definition) is 2. The van der Waals surface area contributed by atoms with Crippen molar-refractivity contribution in [2.24, 2.45) is 0 Å².